The second-order valence-electron chi connectivity index (χ2n) is 4.61. The van der Waals surface area contributed by atoms with E-state index in [9.17, 15) is 27.6 Å². The topological polar surface area (TPSA) is 92.7 Å². The number of alkyl halides is 3. The molecule has 0 aliphatic carbocycles. The fraction of sp³-hybridized carbons (Fsp3) is 0.357. The molecule has 0 heterocycles. The zero-order chi connectivity index (χ0) is 17.6. The second-order valence-corrected chi connectivity index (χ2v) is 4.61. The third-order valence-electron chi connectivity index (χ3n) is 2.73. The van der Waals surface area contributed by atoms with E-state index in [1.807, 2.05) is 0 Å². The van der Waals surface area contributed by atoms with Gasteiger partial charge in [0.2, 0.25) is 6.04 Å². The van der Waals surface area contributed by atoms with Gasteiger partial charge in [-0.2, -0.15) is 13.2 Å². The lowest BCUT2D eigenvalue weighted by atomic mass is 10.1. The smallest absolute Gasteiger partial charge is 0.419 e. The van der Waals surface area contributed by atoms with Crippen molar-refractivity contribution < 1.29 is 37.4 Å². The van der Waals surface area contributed by atoms with Gasteiger partial charge < -0.3 is 15.2 Å². The summed E-state index contributed by atoms with van der Waals surface area (Å²) in [6.45, 7) is 0.990. The molecule has 2 N–H and O–H groups in total. The van der Waals surface area contributed by atoms with Crippen LogP contribution in [0.1, 0.15) is 12.5 Å². The lowest BCUT2D eigenvalue weighted by Crippen LogP contribution is -2.54. The minimum absolute atomic E-state index is 0.184. The molecule has 0 saturated heterocycles. The Morgan fingerprint density at radius 2 is 1.78 bits per heavy atom. The van der Waals surface area contributed by atoms with Crippen molar-refractivity contribution >= 4 is 17.8 Å². The first-order valence-corrected chi connectivity index (χ1v) is 6.42. The number of hydrogen-bond acceptors (Lipinski definition) is 4. The highest BCUT2D eigenvalue weighted by Gasteiger charge is 2.47. The average molecular weight is 333 g/mol. The molecule has 0 aliphatic rings. The maximum atomic E-state index is 12.6. The van der Waals surface area contributed by atoms with Crippen LogP contribution in [0, 0.1) is 0 Å². The first kappa shape index (κ1) is 18.5. The van der Waals surface area contributed by atoms with Gasteiger partial charge in [-0.3, -0.25) is 9.59 Å². The Morgan fingerprint density at radius 3 is 2.22 bits per heavy atom. The Morgan fingerprint density at radius 1 is 1.22 bits per heavy atom. The van der Waals surface area contributed by atoms with E-state index in [-0.39, 0.29) is 6.42 Å². The largest absolute Gasteiger partial charge is 0.479 e. The summed E-state index contributed by atoms with van der Waals surface area (Å²) < 4.78 is 42.4. The number of carbonyl (C=O) groups is 3. The van der Waals surface area contributed by atoms with Crippen molar-refractivity contribution in [1.82, 2.24) is 5.32 Å². The zero-order valence-corrected chi connectivity index (χ0v) is 12.0. The lowest BCUT2D eigenvalue weighted by Gasteiger charge is -2.21. The minimum atomic E-state index is -5.17. The highest BCUT2D eigenvalue weighted by Crippen LogP contribution is 2.20. The predicted molar refractivity (Wildman–Crippen MR) is 71.3 cm³/mol. The highest BCUT2D eigenvalue weighted by atomic mass is 19.4. The molecule has 1 amide bonds. The molecule has 1 aromatic carbocycles. The summed E-state index contributed by atoms with van der Waals surface area (Å²) in [6.07, 6.45) is -6.93. The van der Waals surface area contributed by atoms with E-state index in [1.54, 1.807) is 30.3 Å². The summed E-state index contributed by atoms with van der Waals surface area (Å²) in [7, 11) is 0. The number of esters is 1. The first-order valence-electron chi connectivity index (χ1n) is 6.42. The molecule has 126 valence electrons. The summed E-state index contributed by atoms with van der Waals surface area (Å²) in [5, 5.41) is 9.91. The van der Waals surface area contributed by atoms with E-state index < -0.39 is 36.2 Å². The zero-order valence-electron chi connectivity index (χ0n) is 12.0. The van der Waals surface area contributed by atoms with E-state index in [0.29, 0.717) is 5.56 Å². The van der Waals surface area contributed by atoms with Crippen molar-refractivity contribution in [2.24, 2.45) is 0 Å². The standard InChI is InChI=1S/C14H14F3NO5/c1-8(19)23-10(7-9-5-3-2-4-6-9)12(20)18-11(13(21)22)14(15,16)17/h2-6,10-11H,7H2,1H3,(H,18,20)(H,21,22)/t10-,11+/m0/s1. The van der Waals surface area contributed by atoms with Gasteiger partial charge >= 0.3 is 18.1 Å². The minimum Gasteiger partial charge on any atom is -0.479 e. The average Bonchev–Trinajstić information content (AvgIpc) is 2.42. The van der Waals surface area contributed by atoms with Crippen LogP contribution in [-0.2, 0) is 25.5 Å². The van der Waals surface area contributed by atoms with Crippen molar-refractivity contribution in [3.8, 4) is 0 Å². The summed E-state index contributed by atoms with van der Waals surface area (Å²) in [5.74, 6) is -4.47. The SMILES string of the molecule is CC(=O)O[C@@H](Cc1ccccc1)C(=O)N[C@H](C(=O)O)C(F)(F)F. The van der Waals surface area contributed by atoms with Crippen molar-refractivity contribution in [1.29, 1.82) is 0 Å². The molecule has 0 radical (unpaired) electrons. The number of aliphatic carboxylic acids is 1. The van der Waals surface area contributed by atoms with Crippen LogP contribution in [-0.4, -0.2) is 41.3 Å². The van der Waals surface area contributed by atoms with E-state index in [0.717, 1.165) is 6.92 Å². The number of carboxylic acid groups (broad SMARTS) is 1. The second kappa shape index (κ2) is 7.61. The molecule has 0 aliphatic heterocycles. The third kappa shape index (κ3) is 5.97. The van der Waals surface area contributed by atoms with Crippen molar-refractivity contribution in [3.63, 3.8) is 0 Å². The van der Waals surface area contributed by atoms with Crippen LogP contribution in [0.4, 0.5) is 13.2 Å². The molecule has 0 unspecified atom stereocenters. The van der Waals surface area contributed by atoms with Gasteiger partial charge in [-0.25, -0.2) is 4.79 Å². The van der Waals surface area contributed by atoms with Gasteiger partial charge in [0.05, 0.1) is 0 Å². The summed E-state index contributed by atoms with van der Waals surface area (Å²) >= 11 is 0. The number of amides is 1. The Labute approximate surface area is 129 Å². The fourth-order valence-electron chi connectivity index (χ4n) is 1.74. The number of hydrogen-bond donors (Lipinski definition) is 2. The van der Waals surface area contributed by atoms with Crippen LogP contribution in [0.5, 0.6) is 0 Å². The number of ether oxygens (including phenoxy) is 1. The summed E-state index contributed by atoms with van der Waals surface area (Å²) in [4.78, 5) is 33.6. The molecule has 1 aromatic rings. The molecule has 23 heavy (non-hydrogen) atoms. The van der Waals surface area contributed by atoms with Gasteiger partial charge in [-0.05, 0) is 5.56 Å². The Bertz CT molecular complexity index is 574. The molecule has 2 atom stereocenters. The normalized spacial score (nSPS) is 13.7. The predicted octanol–water partition coefficient (Wildman–Crippen LogP) is 1.29. The van der Waals surface area contributed by atoms with Crippen molar-refractivity contribution in [2.75, 3.05) is 0 Å². The molecule has 9 heteroatoms. The summed E-state index contributed by atoms with van der Waals surface area (Å²) in [6, 6.07) is 5.05. The van der Waals surface area contributed by atoms with Crippen molar-refractivity contribution in [3.05, 3.63) is 35.9 Å². The fourth-order valence-corrected chi connectivity index (χ4v) is 1.74. The highest BCUT2D eigenvalue weighted by molar-refractivity contribution is 5.88. The molecule has 0 bridgehead atoms. The maximum absolute atomic E-state index is 12.6. The van der Waals surface area contributed by atoms with Crippen LogP contribution in [0.3, 0.4) is 0 Å². The molecule has 0 saturated carbocycles. The van der Waals surface area contributed by atoms with Gasteiger partial charge in [0.15, 0.2) is 6.10 Å². The van der Waals surface area contributed by atoms with E-state index in [1.165, 1.54) is 5.32 Å². The number of benzene rings is 1. The summed E-state index contributed by atoms with van der Waals surface area (Å²) in [5.41, 5.74) is 0.535. The maximum Gasteiger partial charge on any atom is 0.419 e. The molecule has 6 nitrogen and oxygen atoms in total. The quantitative estimate of drug-likeness (QED) is 0.766. The van der Waals surface area contributed by atoms with Crippen molar-refractivity contribution in [2.45, 2.75) is 31.7 Å². The van der Waals surface area contributed by atoms with E-state index >= 15 is 0 Å². The van der Waals surface area contributed by atoms with Crippen LogP contribution < -0.4 is 5.32 Å². The number of carbonyl (C=O) groups excluding carboxylic acids is 2. The lowest BCUT2D eigenvalue weighted by molar-refractivity contribution is -0.183. The van der Waals surface area contributed by atoms with Gasteiger partial charge in [0.1, 0.15) is 0 Å². The van der Waals surface area contributed by atoms with Crippen LogP contribution in [0.15, 0.2) is 30.3 Å². The molecule has 0 spiro atoms. The van der Waals surface area contributed by atoms with Gasteiger partial charge in [0.25, 0.3) is 5.91 Å². The number of rotatable bonds is 6. The number of nitrogens with one attached hydrogen (secondary N) is 1. The van der Waals surface area contributed by atoms with Gasteiger partial charge in [0, 0.05) is 13.3 Å². The number of carboxylic acids is 1. The molecular weight excluding hydrogens is 319 g/mol. The monoisotopic (exact) mass is 333 g/mol. The van der Waals surface area contributed by atoms with Gasteiger partial charge in [-0.15, -0.1) is 0 Å². The Balaban J connectivity index is 2.91. The van der Waals surface area contributed by atoms with E-state index in [2.05, 4.69) is 0 Å². The molecule has 0 aromatic heterocycles. The van der Waals surface area contributed by atoms with Crippen LogP contribution >= 0.6 is 0 Å². The van der Waals surface area contributed by atoms with E-state index in [4.69, 9.17) is 9.84 Å². The third-order valence-corrected chi connectivity index (χ3v) is 2.73. The Hall–Kier alpha value is -2.58. The Kier molecular flexibility index (Phi) is 6.11. The van der Waals surface area contributed by atoms with Gasteiger partial charge in [-0.1, -0.05) is 30.3 Å². The molecule has 0 fully saturated rings. The van der Waals surface area contributed by atoms with Crippen LogP contribution in [0.2, 0.25) is 0 Å². The first-order chi connectivity index (χ1) is 10.6. The molecular formula is C14H14F3NO5. The number of halogens is 3. The molecule has 1 rings (SSSR count). The van der Waals surface area contributed by atoms with Crippen LogP contribution in [0.25, 0.3) is 0 Å².